The van der Waals surface area contributed by atoms with E-state index in [0.717, 1.165) is 6.07 Å². The largest absolute Gasteiger partial charge is 0.419 e. The van der Waals surface area contributed by atoms with Crippen molar-refractivity contribution in [2.45, 2.75) is 25.6 Å². The molecule has 0 spiro atoms. The van der Waals surface area contributed by atoms with Crippen molar-refractivity contribution in [2.75, 3.05) is 0 Å². The summed E-state index contributed by atoms with van der Waals surface area (Å²) in [7, 11) is 0. The van der Waals surface area contributed by atoms with E-state index in [4.69, 9.17) is 0 Å². The quantitative estimate of drug-likeness (QED) is 0.661. The van der Waals surface area contributed by atoms with Crippen LogP contribution in [0.5, 0.6) is 0 Å². The third-order valence-electron chi connectivity index (χ3n) is 2.25. The molecule has 94 valence electrons. The van der Waals surface area contributed by atoms with Crippen LogP contribution in [0, 0.1) is 5.82 Å². The lowest BCUT2D eigenvalue weighted by Crippen LogP contribution is -2.20. The van der Waals surface area contributed by atoms with E-state index in [-0.39, 0.29) is 12.0 Å². The molecular formula is C11H10F4O2. The Morgan fingerprint density at radius 3 is 2.47 bits per heavy atom. The van der Waals surface area contributed by atoms with Gasteiger partial charge in [0.2, 0.25) is 0 Å². The van der Waals surface area contributed by atoms with Gasteiger partial charge in [-0.2, -0.15) is 13.2 Å². The number of aliphatic hydroxyl groups excluding tert-OH is 1. The second kappa shape index (κ2) is 4.83. The molecule has 1 N–H and O–H groups in total. The van der Waals surface area contributed by atoms with Crippen molar-refractivity contribution in [1.29, 1.82) is 0 Å². The summed E-state index contributed by atoms with van der Waals surface area (Å²) in [5.74, 6) is -2.29. The summed E-state index contributed by atoms with van der Waals surface area (Å²) < 4.78 is 50.0. The zero-order chi connectivity index (χ0) is 13.2. The van der Waals surface area contributed by atoms with E-state index in [1.54, 1.807) is 0 Å². The minimum absolute atomic E-state index is 0.0809. The normalized spacial score (nSPS) is 13.5. The zero-order valence-corrected chi connectivity index (χ0v) is 8.88. The Balaban J connectivity index is 3.18. The van der Waals surface area contributed by atoms with Gasteiger partial charge in [-0.1, -0.05) is 6.92 Å². The predicted molar refractivity (Wildman–Crippen MR) is 52.0 cm³/mol. The number of hydrogen-bond acceptors (Lipinski definition) is 2. The molecule has 0 fully saturated rings. The SMILES string of the molecule is CCC(O)C(=O)c1ccc(F)c(C(F)(F)F)c1. The molecule has 1 aromatic carbocycles. The molecular weight excluding hydrogens is 240 g/mol. The first-order valence-electron chi connectivity index (χ1n) is 4.86. The van der Waals surface area contributed by atoms with Gasteiger partial charge < -0.3 is 5.11 Å². The summed E-state index contributed by atoms with van der Waals surface area (Å²) in [6.45, 7) is 1.51. The van der Waals surface area contributed by atoms with E-state index in [9.17, 15) is 27.5 Å². The molecule has 1 aromatic rings. The number of benzene rings is 1. The maximum absolute atomic E-state index is 12.9. The highest BCUT2D eigenvalue weighted by molar-refractivity contribution is 5.99. The van der Waals surface area contributed by atoms with Crippen molar-refractivity contribution in [3.63, 3.8) is 0 Å². The average molecular weight is 250 g/mol. The van der Waals surface area contributed by atoms with Crippen LogP contribution < -0.4 is 0 Å². The number of alkyl halides is 3. The zero-order valence-electron chi connectivity index (χ0n) is 8.88. The lowest BCUT2D eigenvalue weighted by molar-refractivity contribution is -0.140. The molecule has 0 aliphatic carbocycles. The van der Waals surface area contributed by atoms with Crippen LogP contribution in [-0.4, -0.2) is 17.0 Å². The fourth-order valence-corrected chi connectivity index (χ4v) is 1.27. The Bertz CT molecular complexity index is 426. The highest BCUT2D eigenvalue weighted by Crippen LogP contribution is 2.32. The van der Waals surface area contributed by atoms with Crippen LogP contribution in [-0.2, 0) is 6.18 Å². The summed E-state index contributed by atoms with van der Waals surface area (Å²) in [5.41, 5.74) is -1.86. The number of carbonyl (C=O) groups excluding carboxylic acids is 1. The monoisotopic (exact) mass is 250 g/mol. The number of halogens is 4. The minimum atomic E-state index is -4.86. The van der Waals surface area contributed by atoms with E-state index >= 15 is 0 Å². The second-order valence-electron chi connectivity index (χ2n) is 3.48. The number of Topliss-reactive ketones (excluding diaryl/α,β-unsaturated/α-hetero) is 1. The van der Waals surface area contributed by atoms with Gasteiger partial charge >= 0.3 is 6.18 Å². The Morgan fingerprint density at radius 2 is 2.00 bits per heavy atom. The lowest BCUT2D eigenvalue weighted by Gasteiger charge is -2.11. The van der Waals surface area contributed by atoms with Crippen molar-refractivity contribution in [2.24, 2.45) is 0 Å². The van der Waals surface area contributed by atoms with Crippen LogP contribution in [0.25, 0.3) is 0 Å². The van der Waals surface area contributed by atoms with Gasteiger partial charge in [-0.25, -0.2) is 4.39 Å². The maximum Gasteiger partial charge on any atom is 0.419 e. The number of aliphatic hydroxyl groups is 1. The van der Waals surface area contributed by atoms with Gasteiger partial charge in [0, 0.05) is 5.56 Å². The van der Waals surface area contributed by atoms with Crippen LogP contribution in [0.1, 0.15) is 29.3 Å². The number of hydrogen-bond donors (Lipinski definition) is 1. The summed E-state index contributed by atoms with van der Waals surface area (Å²) in [4.78, 5) is 11.4. The summed E-state index contributed by atoms with van der Waals surface area (Å²) in [6.07, 6.45) is -6.16. The predicted octanol–water partition coefficient (Wildman–Crippen LogP) is 2.80. The second-order valence-corrected chi connectivity index (χ2v) is 3.48. The fraction of sp³-hybridized carbons (Fsp3) is 0.364. The number of rotatable bonds is 3. The lowest BCUT2D eigenvalue weighted by atomic mass is 10.0. The van der Waals surface area contributed by atoms with Gasteiger partial charge in [-0.15, -0.1) is 0 Å². The smallest absolute Gasteiger partial charge is 0.385 e. The van der Waals surface area contributed by atoms with Crippen LogP contribution in [0.4, 0.5) is 17.6 Å². The van der Waals surface area contributed by atoms with Crippen LogP contribution >= 0.6 is 0 Å². The molecule has 1 rings (SSSR count). The van der Waals surface area contributed by atoms with Gasteiger partial charge in [-0.3, -0.25) is 4.79 Å². The van der Waals surface area contributed by atoms with E-state index in [0.29, 0.717) is 12.1 Å². The van der Waals surface area contributed by atoms with Gasteiger partial charge in [0.05, 0.1) is 5.56 Å². The molecule has 0 aromatic heterocycles. The fourth-order valence-electron chi connectivity index (χ4n) is 1.27. The first kappa shape index (κ1) is 13.6. The van der Waals surface area contributed by atoms with Crippen molar-refractivity contribution in [1.82, 2.24) is 0 Å². The van der Waals surface area contributed by atoms with Crippen molar-refractivity contribution in [3.05, 3.63) is 35.1 Å². The molecule has 0 bridgehead atoms. The standard InChI is InChI=1S/C11H10F4O2/c1-2-9(16)10(17)6-3-4-8(12)7(5-6)11(13,14)15/h3-5,9,16H,2H2,1H3. The van der Waals surface area contributed by atoms with Crippen LogP contribution in [0.15, 0.2) is 18.2 Å². The third-order valence-corrected chi connectivity index (χ3v) is 2.25. The molecule has 0 saturated carbocycles. The first-order valence-corrected chi connectivity index (χ1v) is 4.86. The number of ketones is 1. The minimum Gasteiger partial charge on any atom is -0.385 e. The van der Waals surface area contributed by atoms with Crippen LogP contribution in [0.3, 0.4) is 0 Å². The Morgan fingerprint density at radius 1 is 1.41 bits per heavy atom. The molecule has 6 heteroatoms. The summed E-state index contributed by atoms with van der Waals surface area (Å²) >= 11 is 0. The van der Waals surface area contributed by atoms with E-state index in [1.165, 1.54) is 6.92 Å². The van der Waals surface area contributed by atoms with Gasteiger partial charge in [0.1, 0.15) is 11.9 Å². The average Bonchev–Trinajstić information content (AvgIpc) is 2.26. The van der Waals surface area contributed by atoms with Crippen LogP contribution in [0.2, 0.25) is 0 Å². The van der Waals surface area contributed by atoms with E-state index in [2.05, 4.69) is 0 Å². The highest BCUT2D eigenvalue weighted by Gasteiger charge is 2.35. The van der Waals surface area contributed by atoms with Crippen molar-refractivity contribution >= 4 is 5.78 Å². The summed E-state index contributed by atoms with van der Waals surface area (Å²) in [6, 6.07) is 1.90. The molecule has 17 heavy (non-hydrogen) atoms. The molecule has 1 unspecified atom stereocenters. The topological polar surface area (TPSA) is 37.3 Å². The molecule has 0 aliphatic rings. The van der Waals surface area contributed by atoms with Gasteiger partial charge in [0.25, 0.3) is 0 Å². The number of carbonyl (C=O) groups is 1. The molecule has 0 amide bonds. The molecule has 1 atom stereocenters. The van der Waals surface area contributed by atoms with E-state index in [1.807, 2.05) is 0 Å². The molecule has 0 aliphatic heterocycles. The van der Waals surface area contributed by atoms with Gasteiger partial charge in [0.15, 0.2) is 5.78 Å². The maximum atomic E-state index is 12.9. The Hall–Kier alpha value is -1.43. The Labute approximate surface area is 94.9 Å². The molecule has 0 saturated heterocycles. The molecule has 0 heterocycles. The molecule has 0 radical (unpaired) electrons. The summed E-state index contributed by atoms with van der Waals surface area (Å²) in [5, 5.41) is 9.22. The first-order chi connectivity index (χ1) is 7.77. The van der Waals surface area contributed by atoms with Crippen molar-refractivity contribution < 1.29 is 27.5 Å². The highest BCUT2D eigenvalue weighted by atomic mass is 19.4. The Kier molecular flexibility index (Phi) is 3.87. The van der Waals surface area contributed by atoms with Crippen molar-refractivity contribution in [3.8, 4) is 0 Å². The van der Waals surface area contributed by atoms with E-state index < -0.39 is 29.4 Å². The molecule has 2 nitrogen and oxygen atoms in total. The third kappa shape index (κ3) is 3.03. The van der Waals surface area contributed by atoms with Gasteiger partial charge in [-0.05, 0) is 24.6 Å².